The number of nitrogens with zero attached hydrogens (tertiary/aromatic N) is 3. The summed E-state index contributed by atoms with van der Waals surface area (Å²) in [6, 6.07) is 9.78. The van der Waals surface area contributed by atoms with Gasteiger partial charge < -0.3 is 9.64 Å². The minimum atomic E-state index is 0.198. The van der Waals surface area contributed by atoms with Crippen LogP contribution in [0.15, 0.2) is 47.8 Å². The summed E-state index contributed by atoms with van der Waals surface area (Å²) < 4.78 is 5.21. The lowest BCUT2D eigenvalue weighted by Crippen LogP contribution is -2.39. The summed E-state index contributed by atoms with van der Waals surface area (Å²) in [6.07, 6.45) is 5.31. The highest BCUT2D eigenvalue weighted by molar-refractivity contribution is 8.00. The smallest absolute Gasteiger partial charge is 0.232 e. The predicted octanol–water partition coefficient (Wildman–Crippen LogP) is 2.98. The van der Waals surface area contributed by atoms with Crippen molar-refractivity contribution in [2.45, 2.75) is 23.7 Å². The van der Waals surface area contributed by atoms with Crippen LogP contribution < -0.4 is 4.74 Å². The average Bonchev–Trinajstić information content (AvgIpc) is 2.67. The first-order valence-electron chi connectivity index (χ1n) is 8.07. The molecule has 3 rings (SSSR count). The van der Waals surface area contributed by atoms with E-state index in [4.69, 9.17) is 4.74 Å². The molecule has 6 heteroatoms. The van der Waals surface area contributed by atoms with Gasteiger partial charge in [-0.3, -0.25) is 4.79 Å². The lowest BCUT2D eigenvalue weighted by atomic mass is 9.93. The minimum Gasteiger partial charge on any atom is -0.497 e. The maximum atomic E-state index is 12.4. The quantitative estimate of drug-likeness (QED) is 0.781. The maximum Gasteiger partial charge on any atom is 0.232 e. The zero-order chi connectivity index (χ0) is 16.8. The molecule has 0 N–H and O–H groups in total. The van der Waals surface area contributed by atoms with Gasteiger partial charge in [0.15, 0.2) is 0 Å². The topological polar surface area (TPSA) is 55.3 Å². The van der Waals surface area contributed by atoms with Crippen LogP contribution in [-0.2, 0) is 4.79 Å². The van der Waals surface area contributed by atoms with Crippen LogP contribution in [-0.4, -0.2) is 46.7 Å². The molecule has 1 aromatic heterocycles. The van der Waals surface area contributed by atoms with E-state index < -0.39 is 0 Å². The Kier molecular flexibility index (Phi) is 5.69. The maximum absolute atomic E-state index is 12.4. The van der Waals surface area contributed by atoms with Crippen molar-refractivity contribution in [3.05, 3.63) is 48.5 Å². The number of carbonyl (C=O) groups is 1. The zero-order valence-electron chi connectivity index (χ0n) is 13.7. The van der Waals surface area contributed by atoms with E-state index >= 15 is 0 Å². The molecule has 0 atom stereocenters. The number of methoxy groups -OCH3 is 1. The number of likely N-dealkylation sites (tertiary alicyclic amines) is 1. The molecule has 0 spiro atoms. The molecule has 5 nitrogen and oxygen atoms in total. The molecule has 0 unspecified atom stereocenters. The van der Waals surface area contributed by atoms with Crippen molar-refractivity contribution in [1.29, 1.82) is 0 Å². The van der Waals surface area contributed by atoms with E-state index in [2.05, 4.69) is 9.97 Å². The van der Waals surface area contributed by atoms with Crippen molar-refractivity contribution in [2.75, 3.05) is 26.0 Å². The number of carbonyl (C=O) groups excluding carboxylic acids is 1. The molecule has 0 bridgehead atoms. The fourth-order valence-electron chi connectivity index (χ4n) is 2.89. The minimum absolute atomic E-state index is 0.198. The Bertz CT molecular complexity index is 673. The molecule has 126 valence electrons. The molecule has 1 amide bonds. The number of piperidine rings is 1. The Hall–Kier alpha value is -2.08. The summed E-state index contributed by atoms with van der Waals surface area (Å²) >= 11 is 1.56. The molecule has 24 heavy (non-hydrogen) atoms. The number of amides is 1. The van der Waals surface area contributed by atoms with Gasteiger partial charge in [0.2, 0.25) is 5.91 Å². The fourth-order valence-corrected chi connectivity index (χ4v) is 3.74. The normalized spacial score (nSPS) is 15.3. The highest BCUT2D eigenvalue weighted by Gasteiger charge is 2.24. The molecule has 1 aromatic carbocycles. The van der Waals surface area contributed by atoms with Gasteiger partial charge in [-0.25, -0.2) is 9.97 Å². The summed E-state index contributed by atoms with van der Waals surface area (Å²) in [5.41, 5.74) is 1.09. The Labute approximate surface area is 146 Å². The fraction of sp³-hybridized carbons (Fsp3) is 0.389. The van der Waals surface area contributed by atoms with Gasteiger partial charge in [-0.15, -0.1) is 11.8 Å². The van der Waals surface area contributed by atoms with Crippen LogP contribution in [0.25, 0.3) is 0 Å². The largest absolute Gasteiger partial charge is 0.497 e. The third kappa shape index (κ3) is 4.26. The third-order valence-corrected chi connectivity index (χ3v) is 5.25. The molecule has 1 aliphatic rings. The summed E-state index contributed by atoms with van der Waals surface area (Å²) in [4.78, 5) is 23.7. The van der Waals surface area contributed by atoms with Crippen LogP contribution in [0.4, 0.5) is 0 Å². The van der Waals surface area contributed by atoms with Gasteiger partial charge in [-0.2, -0.15) is 0 Å². The summed E-state index contributed by atoms with van der Waals surface area (Å²) in [5.74, 6) is 1.91. The van der Waals surface area contributed by atoms with E-state index in [9.17, 15) is 4.79 Å². The third-order valence-electron chi connectivity index (χ3n) is 4.27. The van der Waals surface area contributed by atoms with Crippen LogP contribution in [0.3, 0.4) is 0 Å². The van der Waals surface area contributed by atoms with Crippen LogP contribution >= 0.6 is 11.8 Å². The van der Waals surface area contributed by atoms with Crippen LogP contribution in [0.1, 0.15) is 24.5 Å². The van der Waals surface area contributed by atoms with Crippen LogP contribution in [0.2, 0.25) is 0 Å². The first-order valence-corrected chi connectivity index (χ1v) is 9.05. The first-order chi connectivity index (χ1) is 11.8. The van der Waals surface area contributed by atoms with E-state index in [1.54, 1.807) is 31.4 Å². The highest BCUT2D eigenvalue weighted by Crippen LogP contribution is 2.27. The monoisotopic (exact) mass is 343 g/mol. The molecular weight excluding hydrogens is 322 g/mol. The highest BCUT2D eigenvalue weighted by atomic mass is 32.2. The van der Waals surface area contributed by atoms with Gasteiger partial charge in [0.05, 0.1) is 12.9 Å². The Balaban J connectivity index is 1.48. The van der Waals surface area contributed by atoms with Crippen molar-refractivity contribution in [2.24, 2.45) is 0 Å². The second-order valence-corrected chi connectivity index (χ2v) is 6.81. The van der Waals surface area contributed by atoms with E-state index in [0.29, 0.717) is 11.7 Å². The molecule has 2 heterocycles. The number of benzene rings is 1. The molecule has 1 fully saturated rings. The summed E-state index contributed by atoms with van der Waals surface area (Å²) in [5, 5.41) is 0. The van der Waals surface area contributed by atoms with Crippen molar-refractivity contribution >= 4 is 17.7 Å². The SMILES string of the molecule is COc1cccc(SCC(=O)N2CCC(c3ccncn3)CC2)c1. The van der Waals surface area contributed by atoms with Crippen molar-refractivity contribution in [3.63, 3.8) is 0 Å². The van der Waals surface area contributed by atoms with Crippen LogP contribution in [0.5, 0.6) is 5.75 Å². The number of rotatable bonds is 5. The number of hydrogen-bond acceptors (Lipinski definition) is 5. The Morgan fingerprint density at radius 3 is 2.88 bits per heavy atom. The standard InChI is InChI=1S/C18H21N3O2S/c1-23-15-3-2-4-16(11-15)24-12-18(22)21-9-6-14(7-10-21)17-5-8-19-13-20-17/h2-5,8,11,13-14H,6-7,9-10,12H2,1H3. The van der Waals surface area contributed by atoms with Gasteiger partial charge in [-0.05, 0) is 37.1 Å². The lowest BCUT2D eigenvalue weighted by Gasteiger charge is -2.31. The number of hydrogen-bond donors (Lipinski definition) is 0. The van der Waals surface area contributed by atoms with Crippen molar-refractivity contribution < 1.29 is 9.53 Å². The molecule has 0 saturated carbocycles. The summed E-state index contributed by atoms with van der Waals surface area (Å²) in [7, 11) is 1.65. The van der Waals surface area contributed by atoms with E-state index in [-0.39, 0.29) is 5.91 Å². The van der Waals surface area contributed by atoms with Crippen molar-refractivity contribution in [3.8, 4) is 5.75 Å². The van der Waals surface area contributed by atoms with Crippen molar-refractivity contribution in [1.82, 2.24) is 14.9 Å². The number of aromatic nitrogens is 2. The Morgan fingerprint density at radius 2 is 2.17 bits per heavy atom. The van der Waals surface area contributed by atoms with Gasteiger partial charge in [-0.1, -0.05) is 6.07 Å². The predicted molar refractivity (Wildman–Crippen MR) is 94.3 cm³/mol. The lowest BCUT2D eigenvalue weighted by molar-refractivity contribution is -0.129. The van der Waals surface area contributed by atoms with E-state index in [0.717, 1.165) is 42.3 Å². The molecule has 0 radical (unpaired) electrons. The van der Waals surface area contributed by atoms with E-state index in [1.807, 2.05) is 35.2 Å². The van der Waals surface area contributed by atoms with Gasteiger partial charge >= 0.3 is 0 Å². The molecule has 0 aliphatic carbocycles. The van der Waals surface area contributed by atoms with Gasteiger partial charge in [0.25, 0.3) is 0 Å². The molecule has 2 aromatic rings. The second-order valence-electron chi connectivity index (χ2n) is 5.76. The molecule has 1 saturated heterocycles. The zero-order valence-corrected chi connectivity index (χ0v) is 14.5. The van der Waals surface area contributed by atoms with E-state index in [1.165, 1.54) is 0 Å². The molecule has 1 aliphatic heterocycles. The van der Waals surface area contributed by atoms with Gasteiger partial charge in [0.1, 0.15) is 12.1 Å². The number of ether oxygens (including phenoxy) is 1. The Morgan fingerprint density at radius 1 is 1.33 bits per heavy atom. The van der Waals surface area contributed by atoms with Crippen LogP contribution in [0, 0.1) is 0 Å². The van der Waals surface area contributed by atoms with Gasteiger partial charge in [0, 0.05) is 35.8 Å². The average molecular weight is 343 g/mol. The second kappa shape index (κ2) is 8.15. The first kappa shape index (κ1) is 16.8. The molecular formula is C18H21N3O2S. The summed E-state index contributed by atoms with van der Waals surface area (Å²) in [6.45, 7) is 1.60. The number of thioether (sulfide) groups is 1.